The van der Waals surface area contributed by atoms with Crippen LogP contribution in [0.25, 0.3) is 0 Å². The summed E-state index contributed by atoms with van der Waals surface area (Å²) >= 11 is 0. The number of nitrogens with zero attached hydrogens (tertiary/aromatic N) is 1. The Bertz CT molecular complexity index is 655. The van der Waals surface area contributed by atoms with Gasteiger partial charge in [-0.15, -0.1) is 0 Å². The Kier molecular flexibility index (Phi) is 4.21. The molecule has 116 valence electrons. The van der Waals surface area contributed by atoms with Gasteiger partial charge in [-0.25, -0.2) is 21.6 Å². The summed E-state index contributed by atoms with van der Waals surface area (Å²) in [6, 6.07) is -1.18. The van der Waals surface area contributed by atoms with Crippen LogP contribution in [-0.4, -0.2) is 49.6 Å². The number of carbonyl (C=O) groups is 1. The molecule has 1 unspecified atom stereocenters. The maximum absolute atomic E-state index is 13.6. The maximum Gasteiger partial charge on any atom is 0.324 e. The highest BCUT2D eigenvalue weighted by molar-refractivity contribution is 7.89. The summed E-state index contributed by atoms with van der Waals surface area (Å²) in [6.07, 6.45) is 0. The minimum Gasteiger partial charge on any atom is -0.480 e. The van der Waals surface area contributed by atoms with Crippen LogP contribution < -0.4 is 0 Å². The topological polar surface area (TPSA) is 83.9 Å². The van der Waals surface area contributed by atoms with E-state index in [-0.39, 0.29) is 25.3 Å². The third-order valence-corrected chi connectivity index (χ3v) is 4.85. The monoisotopic (exact) mass is 325 g/mol. The number of sulfonamides is 1. The first kappa shape index (κ1) is 15.7. The molecule has 21 heavy (non-hydrogen) atoms. The molecule has 1 aromatic rings. The van der Waals surface area contributed by atoms with E-state index >= 15 is 0 Å². The quantitative estimate of drug-likeness (QED) is 0.879. The molecular weight excluding hydrogens is 315 g/mol. The van der Waals surface area contributed by atoms with E-state index in [2.05, 4.69) is 0 Å². The molecule has 0 aromatic heterocycles. The molecule has 10 heteroatoms. The number of halogens is 3. The number of ether oxygens (including phenoxy) is 1. The summed E-state index contributed by atoms with van der Waals surface area (Å²) in [4.78, 5) is 9.66. The lowest BCUT2D eigenvalue weighted by Gasteiger charge is -2.31. The van der Waals surface area contributed by atoms with Crippen molar-refractivity contribution in [1.82, 2.24) is 4.31 Å². The zero-order valence-electron chi connectivity index (χ0n) is 10.4. The van der Waals surface area contributed by atoms with Crippen molar-refractivity contribution < 1.29 is 36.2 Å². The minimum absolute atomic E-state index is 0.118. The van der Waals surface area contributed by atoms with Crippen LogP contribution in [0.5, 0.6) is 0 Å². The number of rotatable bonds is 3. The lowest BCUT2D eigenvalue weighted by Crippen LogP contribution is -2.52. The van der Waals surface area contributed by atoms with Gasteiger partial charge in [0.05, 0.1) is 13.2 Å². The molecule has 0 aliphatic carbocycles. The Morgan fingerprint density at radius 2 is 1.86 bits per heavy atom. The number of aliphatic carboxylic acids is 1. The molecule has 1 fully saturated rings. The fraction of sp³-hybridized carbons (Fsp3) is 0.364. The van der Waals surface area contributed by atoms with E-state index in [0.29, 0.717) is 4.31 Å². The molecule has 0 amide bonds. The van der Waals surface area contributed by atoms with Gasteiger partial charge in [0.25, 0.3) is 0 Å². The van der Waals surface area contributed by atoms with E-state index in [9.17, 15) is 26.4 Å². The number of benzene rings is 1. The summed E-state index contributed by atoms with van der Waals surface area (Å²) in [6.45, 7) is -0.942. The smallest absolute Gasteiger partial charge is 0.324 e. The van der Waals surface area contributed by atoms with Gasteiger partial charge in [0.1, 0.15) is 23.5 Å². The van der Waals surface area contributed by atoms with Crippen LogP contribution in [-0.2, 0) is 19.6 Å². The molecule has 1 aliphatic rings. The fourth-order valence-electron chi connectivity index (χ4n) is 1.96. The van der Waals surface area contributed by atoms with E-state index in [1.165, 1.54) is 0 Å². The second kappa shape index (κ2) is 5.62. The second-order valence-corrected chi connectivity index (χ2v) is 6.07. The maximum atomic E-state index is 13.6. The fourth-order valence-corrected chi connectivity index (χ4v) is 3.61. The molecule has 1 heterocycles. The van der Waals surface area contributed by atoms with Crippen LogP contribution >= 0.6 is 0 Å². The van der Waals surface area contributed by atoms with Gasteiger partial charge in [0.15, 0.2) is 4.90 Å². The van der Waals surface area contributed by atoms with Gasteiger partial charge in [-0.1, -0.05) is 0 Å². The largest absolute Gasteiger partial charge is 0.480 e. The van der Waals surface area contributed by atoms with Crippen molar-refractivity contribution in [2.24, 2.45) is 0 Å². The predicted octanol–water partition coefficient (Wildman–Crippen LogP) is 0.578. The lowest BCUT2D eigenvalue weighted by molar-refractivity contribution is -0.146. The molecule has 0 spiro atoms. The van der Waals surface area contributed by atoms with Crippen molar-refractivity contribution >= 4 is 16.0 Å². The number of carboxylic acid groups (broad SMARTS) is 1. The van der Waals surface area contributed by atoms with Crippen molar-refractivity contribution in [2.75, 3.05) is 19.8 Å². The summed E-state index contributed by atoms with van der Waals surface area (Å²) in [7, 11) is -4.78. The van der Waals surface area contributed by atoms with Gasteiger partial charge in [-0.3, -0.25) is 4.79 Å². The van der Waals surface area contributed by atoms with Crippen molar-refractivity contribution in [3.63, 3.8) is 0 Å². The first-order chi connectivity index (χ1) is 9.75. The molecule has 0 saturated carbocycles. The molecule has 1 atom stereocenters. The van der Waals surface area contributed by atoms with Gasteiger partial charge in [0.2, 0.25) is 10.0 Å². The van der Waals surface area contributed by atoms with Crippen molar-refractivity contribution in [3.8, 4) is 0 Å². The number of hydrogen-bond acceptors (Lipinski definition) is 4. The summed E-state index contributed by atoms with van der Waals surface area (Å²) in [5.41, 5.74) is 0. The Morgan fingerprint density at radius 3 is 2.38 bits per heavy atom. The number of carboxylic acids is 1. The van der Waals surface area contributed by atoms with Crippen LogP contribution in [0.1, 0.15) is 0 Å². The minimum atomic E-state index is -4.78. The standard InChI is InChI=1S/C11H10F3NO5S/c12-6-3-7(13)10(8(14)4-6)21(18,19)15-1-2-20-5-9(15)11(16)17/h3-4,9H,1-2,5H2,(H,16,17). The summed E-state index contributed by atoms with van der Waals surface area (Å²) in [5, 5.41) is 8.97. The average molecular weight is 325 g/mol. The third kappa shape index (κ3) is 2.87. The van der Waals surface area contributed by atoms with E-state index in [1.54, 1.807) is 0 Å². The lowest BCUT2D eigenvalue weighted by atomic mass is 10.3. The van der Waals surface area contributed by atoms with Gasteiger partial charge < -0.3 is 9.84 Å². The molecular formula is C11H10F3NO5S. The Hall–Kier alpha value is -1.65. The summed E-state index contributed by atoms with van der Waals surface area (Å²) < 4.78 is 69.9. The molecule has 2 rings (SSSR count). The van der Waals surface area contributed by atoms with Crippen LogP contribution in [0, 0.1) is 17.5 Å². The number of morpholine rings is 1. The predicted molar refractivity (Wildman–Crippen MR) is 62.5 cm³/mol. The summed E-state index contributed by atoms with van der Waals surface area (Å²) in [5.74, 6) is -6.03. The van der Waals surface area contributed by atoms with E-state index < -0.39 is 51.0 Å². The highest BCUT2D eigenvalue weighted by Crippen LogP contribution is 2.26. The molecule has 0 radical (unpaired) electrons. The molecule has 1 aliphatic heterocycles. The van der Waals surface area contributed by atoms with Gasteiger partial charge in [0, 0.05) is 18.7 Å². The van der Waals surface area contributed by atoms with Crippen LogP contribution in [0.4, 0.5) is 13.2 Å². The molecule has 1 saturated heterocycles. The SMILES string of the molecule is O=C(O)C1COCCN1S(=O)(=O)c1c(F)cc(F)cc1F. The van der Waals surface area contributed by atoms with Gasteiger partial charge in [-0.05, 0) is 0 Å². The highest BCUT2D eigenvalue weighted by atomic mass is 32.2. The average Bonchev–Trinajstić information content (AvgIpc) is 2.37. The Labute approximate surface area is 117 Å². The van der Waals surface area contributed by atoms with Crippen molar-refractivity contribution in [3.05, 3.63) is 29.6 Å². The Balaban J connectivity index is 2.53. The van der Waals surface area contributed by atoms with Gasteiger partial charge >= 0.3 is 5.97 Å². The van der Waals surface area contributed by atoms with Crippen LogP contribution in [0.15, 0.2) is 17.0 Å². The first-order valence-electron chi connectivity index (χ1n) is 5.72. The van der Waals surface area contributed by atoms with Crippen LogP contribution in [0.3, 0.4) is 0 Å². The van der Waals surface area contributed by atoms with E-state index in [4.69, 9.17) is 9.84 Å². The molecule has 1 aromatic carbocycles. The van der Waals surface area contributed by atoms with Crippen LogP contribution in [0.2, 0.25) is 0 Å². The first-order valence-corrected chi connectivity index (χ1v) is 7.16. The zero-order chi connectivity index (χ0) is 15.8. The zero-order valence-corrected chi connectivity index (χ0v) is 11.2. The van der Waals surface area contributed by atoms with Gasteiger partial charge in [-0.2, -0.15) is 4.31 Å². The van der Waals surface area contributed by atoms with E-state index in [0.717, 1.165) is 0 Å². The molecule has 0 bridgehead atoms. The molecule has 1 N–H and O–H groups in total. The highest BCUT2D eigenvalue weighted by Gasteiger charge is 2.41. The van der Waals surface area contributed by atoms with Crippen molar-refractivity contribution in [1.29, 1.82) is 0 Å². The Morgan fingerprint density at radius 1 is 1.29 bits per heavy atom. The molecule has 6 nitrogen and oxygen atoms in total. The third-order valence-electron chi connectivity index (χ3n) is 2.89. The second-order valence-electron chi connectivity index (χ2n) is 4.24. The number of hydrogen-bond donors (Lipinski definition) is 1. The van der Waals surface area contributed by atoms with E-state index in [1.807, 2.05) is 0 Å². The normalized spacial score (nSPS) is 20.4. The van der Waals surface area contributed by atoms with Crippen molar-refractivity contribution in [2.45, 2.75) is 10.9 Å².